The molecule has 1 aromatic carbocycles. The number of nitrogen functional groups attached to an aromatic ring is 1. The van der Waals surface area contributed by atoms with Gasteiger partial charge in [0, 0.05) is 40.8 Å². The Hall–Kier alpha value is -2.86. The molecule has 0 atom stereocenters. The third kappa shape index (κ3) is 3.70. The topological polar surface area (TPSA) is 95.1 Å². The van der Waals surface area contributed by atoms with E-state index in [9.17, 15) is 0 Å². The molecule has 0 aliphatic heterocycles. The Morgan fingerprint density at radius 3 is 2.65 bits per heavy atom. The summed E-state index contributed by atoms with van der Waals surface area (Å²) < 4.78 is 2.00. The Balaban J connectivity index is 2.10. The van der Waals surface area contributed by atoms with Gasteiger partial charge in [-0.15, -0.1) is 0 Å². The first kappa shape index (κ1) is 17.9. The van der Waals surface area contributed by atoms with E-state index in [-0.39, 0.29) is 6.04 Å². The molecule has 26 heavy (non-hydrogen) atoms. The summed E-state index contributed by atoms with van der Waals surface area (Å²) in [6.07, 6.45) is 6.83. The molecule has 2 heterocycles. The lowest BCUT2D eigenvalue weighted by Gasteiger charge is -2.05. The van der Waals surface area contributed by atoms with Crippen molar-refractivity contribution in [3.63, 3.8) is 0 Å². The molecule has 7 heteroatoms. The summed E-state index contributed by atoms with van der Waals surface area (Å²) in [5, 5.41) is 1.49. The van der Waals surface area contributed by atoms with E-state index in [1.807, 2.05) is 48.9 Å². The molecule has 134 valence electrons. The van der Waals surface area contributed by atoms with E-state index in [2.05, 4.69) is 15.0 Å². The minimum absolute atomic E-state index is 0.203. The van der Waals surface area contributed by atoms with Crippen LogP contribution < -0.4 is 11.5 Å². The van der Waals surface area contributed by atoms with E-state index in [0.717, 1.165) is 27.7 Å². The number of rotatable bonds is 5. The standard InChI is InChI=1S/C19H21ClN6/c1-12(2)23-8-13(7-21)9-26-10-16(14-3-5-15(20)6-4-14)17-18(22)24-11-25-19(17)26/h3-8,10-12H,9,21H2,1-2H3,(H2,22,24,25). The van der Waals surface area contributed by atoms with Gasteiger partial charge in [0.05, 0.1) is 11.9 Å². The van der Waals surface area contributed by atoms with E-state index in [1.165, 1.54) is 6.33 Å². The van der Waals surface area contributed by atoms with Gasteiger partial charge in [-0.25, -0.2) is 9.97 Å². The molecule has 2 aromatic heterocycles. The van der Waals surface area contributed by atoms with Gasteiger partial charge in [0.15, 0.2) is 0 Å². The number of fused-ring (bicyclic) bond motifs is 1. The van der Waals surface area contributed by atoms with Gasteiger partial charge < -0.3 is 16.0 Å². The van der Waals surface area contributed by atoms with Crippen LogP contribution in [0.4, 0.5) is 5.82 Å². The molecule has 0 aliphatic carbocycles. The van der Waals surface area contributed by atoms with Gasteiger partial charge in [-0.1, -0.05) is 23.7 Å². The summed E-state index contributed by atoms with van der Waals surface area (Å²) >= 11 is 6.01. The summed E-state index contributed by atoms with van der Waals surface area (Å²) in [6, 6.07) is 7.80. The second kappa shape index (κ2) is 7.58. The van der Waals surface area contributed by atoms with Crippen molar-refractivity contribution >= 4 is 34.7 Å². The number of nitrogens with two attached hydrogens (primary N) is 2. The monoisotopic (exact) mass is 368 g/mol. The summed E-state index contributed by atoms with van der Waals surface area (Å²) in [4.78, 5) is 13.0. The lowest BCUT2D eigenvalue weighted by molar-refractivity contribution is 0.816. The number of hydrogen-bond acceptors (Lipinski definition) is 5. The summed E-state index contributed by atoms with van der Waals surface area (Å²) in [5.74, 6) is 0.438. The second-order valence-corrected chi connectivity index (χ2v) is 6.69. The number of hydrogen-bond donors (Lipinski definition) is 2. The van der Waals surface area contributed by atoms with Crippen LogP contribution in [-0.2, 0) is 6.54 Å². The van der Waals surface area contributed by atoms with Gasteiger partial charge in [0.25, 0.3) is 0 Å². The fourth-order valence-electron chi connectivity index (χ4n) is 2.69. The fourth-order valence-corrected chi connectivity index (χ4v) is 2.82. The molecule has 0 spiro atoms. The van der Waals surface area contributed by atoms with Gasteiger partial charge in [-0.05, 0) is 31.5 Å². The third-order valence-corrected chi connectivity index (χ3v) is 4.20. The zero-order valence-corrected chi connectivity index (χ0v) is 15.5. The summed E-state index contributed by atoms with van der Waals surface area (Å²) in [7, 11) is 0. The first-order valence-corrected chi connectivity index (χ1v) is 8.66. The molecule has 0 bridgehead atoms. The molecule has 3 aromatic rings. The van der Waals surface area contributed by atoms with Crippen molar-refractivity contribution in [2.24, 2.45) is 10.7 Å². The number of nitrogens with zero attached hydrogens (tertiary/aromatic N) is 4. The number of aromatic nitrogens is 3. The molecule has 0 saturated heterocycles. The van der Waals surface area contributed by atoms with Gasteiger partial charge in [0.2, 0.25) is 0 Å². The van der Waals surface area contributed by atoms with Crippen LogP contribution in [0.3, 0.4) is 0 Å². The van der Waals surface area contributed by atoms with Gasteiger partial charge in [-0.2, -0.15) is 0 Å². The highest BCUT2D eigenvalue weighted by atomic mass is 35.5. The minimum Gasteiger partial charge on any atom is -0.404 e. The van der Waals surface area contributed by atoms with Gasteiger partial charge >= 0.3 is 0 Å². The molecule has 0 radical (unpaired) electrons. The maximum Gasteiger partial charge on any atom is 0.146 e. The Bertz CT molecular complexity index is 970. The Morgan fingerprint density at radius 2 is 2.00 bits per heavy atom. The number of allylic oxidation sites excluding steroid dienone is 1. The van der Waals surface area contributed by atoms with Crippen molar-refractivity contribution in [2.45, 2.75) is 26.4 Å². The number of halogens is 1. The third-order valence-electron chi connectivity index (χ3n) is 3.94. The normalized spacial score (nSPS) is 12.5. The summed E-state index contributed by atoms with van der Waals surface area (Å²) in [6.45, 7) is 4.57. The van der Waals surface area contributed by atoms with Crippen molar-refractivity contribution in [1.82, 2.24) is 14.5 Å². The van der Waals surface area contributed by atoms with E-state index in [4.69, 9.17) is 23.1 Å². The van der Waals surface area contributed by atoms with Crippen LogP contribution in [0.25, 0.3) is 22.2 Å². The maximum absolute atomic E-state index is 6.14. The van der Waals surface area contributed by atoms with E-state index < -0.39 is 0 Å². The average Bonchev–Trinajstić information content (AvgIpc) is 2.99. The molecule has 0 amide bonds. The highest BCUT2D eigenvalue weighted by Crippen LogP contribution is 2.33. The molecule has 0 saturated carbocycles. The van der Waals surface area contributed by atoms with Crippen molar-refractivity contribution in [2.75, 3.05) is 5.73 Å². The smallest absolute Gasteiger partial charge is 0.146 e. The Morgan fingerprint density at radius 1 is 1.27 bits per heavy atom. The highest BCUT2D eigenvalue weighted by Gasteiger charge is 2.15. The second-order valence-electron chi connectivity index (χ2n) is 6.25. The Labute approximate surface area is 157 Å². The highest BCUT2D eigenvalue weighted by molar-refractivity contribution is 6.30. The quantitative estimate of drug-likeness (QED) is 0.672. The van der Waals surface area contributed by atoms with Crippen LogP contribution >= 0.6 is 11.6 Å². The largest absolute Gasteiger partial charge is 0.404 e. The number of benzene rings is 1. The van der Waals surface area contributed by atoms with E-state index >= 15 is 0 Å². The lowest BCUT2D eigenvalue weighted by Crippen LogP contribution is -2.05. The van der Waals surface area contributed by atoms with Crippen LogP contribution in [0, 0.1) is 0 Å². The molecule has 4 N–H and O–H groups in total. The predicted molar refractivity (Wildman–Crippen MR) is 108 cm³/mol. The van der Waals surface area contributed by atoms with Crippen molar-refractivity contribution < 1.29 is 0 Å². The lowest BCUT2D eigenvalue weighted by atomic mass is 10.1. The van der Waals surface area contributed by atoms with E-state index in [1.54, 1.807) is 12.4 Å². The molecule has 0 unspecified atom stereocenters. The Kier molecular flexibility index (Phi) is 5.23. The molecular weight excluding hydrogens is 348 g/mol. The summed E-state index contributed by atoms with van der Waals surface area (Å²) in [5.41, 5.74) is 15.5. The van der Waals surface area contributed by atoms with E-state index in [0.29, 0.717) is 17.4 Å². The maximum atomic E-state index is 6.14. The zero-order valence-electron chi connectivity index (χ0n) is 14.7. The van der Waals surface area contributed by atoms with Crippen LogP contribution in [0.2, 0.25) is 5.02 Å². The average molecular weight is 369 g/mol. The van der Waals surface area contributed by atoms with Crippen molar-refractivity contribution in [3.8, 4) is 11.1 Å². The van der Waals surface area contributed by atoms with Gasteiger partial charge in [0.1, 0.15) is 17.8 Å². The predicted octanol–water partition coefficient (Wildman–Crippen LogP) is 3.66. The van der Waals surface area contributed by atoms with Crippen LogP contribution in [-0.4, -0.2) is 26.8 Å². The van der Waals surface area contributed by atoms with Crippen LogP contribution in [0.15, 0.2) is 53.6 Å². The molecule has 0 aliphatic rings. The zero-order chi connectivity index (χ0) is 18.7. The SMILES string of the molecule is CC(C)N=CC(=CN)Cn1cc(-c2ccc(Cl)cc2)c2c(N)ncnc21. The number of anilines is 1. The van der Waals surface area contributed by atoms with Crippen molar-refractivity contribution in [3.05, 3.63) is 53.6 Å². The first-order valence-electron chi connectivity index (χ1n) is 8.28. The molecule has 6 nitrogen and oxygen atoms in total. The van der Waals surface area contributed by atoms with Gasteiger partial charge in [-0.3, -0.25) is 4.99 Å². The fraction of sp³-hybridized carbons (Fsp3) is 0.211. The molecule has 0 fully saturated rings. The van der Waals surface area contributed by atoms with Crippen molar-refractivity contribution in [1.29, 1.82) is 0 Å². The number of aliphatic imine (C=N–C) groups is 1. The molecular formula is C19H21ClN6. The first-order chi connectivity index (χ1) is 12.5. The van der Waals surface area contributed by atoms with Crippen LogP contribution in [0.1, 0.15) is 13.8 Å². The van der Waals surface area contributed by atoms with Crippen LogP contribution in [0.5, 0.6) is 0 Å². The molecule has 3 rings (SSSR count). The minimum atomic E-state index is 0.203.